The zero-order valence-corrected chi connectivity index (χ0v) is 37.1. The molecule has 0 amide bonds. The normalized spacial score (nSPS) is 53.0. The summed E-state index contributed by atoms with van der Waals surface area (Å²) in [5.41, 5.74) is -0.516. The lowest BCUT2D eigenvalue weighted by Gasteiger charge is -2.62. The summed E-state index contributed by atoms with van der Waals surface area (Å²) in [4.78, 5) is 0. The fourth-order valence-corrected chi connectivity index (χ4v) is 13.6. The topological polar surface area (TPSA) is 318 Å². The van der Waals surface area contributed by atoms with E-state index in [1.165, 1.54) is 0 Å². The predicted octanol–water partition coefficient (Wildman–Crippen LogP) is -2.54. The maximum Gasteiger partial charge on any atom is 0.186 e. The first-order valence-corrected chi connectivity index (χ1v) is 23.3. The number of aliphatic hydroxyl groups excluding tert-OH is 13. The Kier molecular flexibility index (Phi) is 15.7. The summed E-state index contributed by atoms with van der Waals surface area (Å²) in [6, 6.07) is 0. The van der Waals surface area contributed by atoms with Gasteiger partial charge in [0.2, 0.25) is 0 Å². The average molecular weight is 909 g/mol. The van der Waals surface area contributed by atoms with E-state index in [4.69, 9.17) is 28.4 Å². The minimum Gasteiger partial charge on any atom is -0.394 e. The lowest BCUT2D eigenvalue weighted by atomic mass is 9.43. The summed E-state index contributed by atoms with van der Waals surface area (Å²) >= 11 is 0. The van der Waals surface area contributed by atoms with Crippen molar-refractivity contribution < 1.29 is 94.8 Å². The third-order valence-corrected chi connectivity index (χ3v) is 17.0. The molecule has 7 aliphatic rings. The van der Waals surface area contributed by atoms with E-state index in [1.54, 1.807) is 0 Å². The Hall–Kier alpha value is -0.760. The molecule has 0 bridgehead atoms. The second kappa shape index (κ2) is 19.7. The highest BCUT2D eigenvalue weighted by molar-refractivity contribution is 5.13. The van der Waals surface area contributed by atoms with Gasteiger partial charge in [0.1, 0.15) is 67.1 Å². The van der Waals surface area contributed by atoms with Gasteiger partial charge in [-0.25, -0.2) is 0 Å². The van der Waals surface area contributed by atoms with Crippen molar-refractivity contribution in [2.75, 3.05) is 19.8 Å². The SMILES string of the molecule is CC(C)[C@H](O[C@@H]1OC[C@H](O)[C@H](O)[C@H]1O)[C@H](O)C[C@@H](C)[C@H]1[C@@H](O)C[C@H]2[C@@H]3C[C@@H](O)[C@H]4C[C@@H](O[C@@H]5O[C@H](CO[C@@H]6O[C@H](CO)[C@@H](O)[C@H](O)[C@H]6O)[C@@H](O)[C@H](O)[C@H]5O)CC[C@]4(C)[C@H]3CC[C@]12C. The van der Waals surface area contributed by atoms with Crippen LogP contribution in [0.4, 0.5) is 0 Å². The molecule has 366 valence electrons. The van der Waals surface area contributed by atoms with Crippen LogP contribution in [0.25, 0.3) is 0 Å². The highest BCUT2D eigenvalue weighted by Crippen LogP contribution is 2.68. The summed E-state index contributed by atoms with van der Waals surface area (Å²) in [7, 11) is 0. The van der Waals surface area contributed by atoms with E-state index in [-0.39, 0.29) is 58.9 Å². The van der Waals surface area contributed by atoms with E-state index >= 15 is 0 Å². The quantitative estimate of drug-likeness (QED) is 0.0847. The Balaban J connectivity index is 0.967. The van der Waals surface area contributed by atoms with Gasteiger partial charge in [-0.15, -0.1) is 0 Å². The molecule has 13 N–H and O–H groups in total. The molecule has 19 nitrogen and oxygen atoms in total. The molecule has 0 spiro atoms. The predicted molar refractivity (Wildman–Crippen MR) is 217 cm³/mol. The average Bonchev–Trinajstić information content (AvgIpc) is 3.52. The van der Waals surface area contributed by atoms with Crippen molar-refractivity contribution in [2.24, 2.45) is 52.3 Å². The molecule has 7 rings (SSSR count). The van der Waals surface area contributed by atoms with Gasteiger partial charge in [-0.1, -0.05) is 34.6 Å². The monoisotopic (exact) mass is 908 g/mol. The van der Waals surface area contributed by atoms with E-state index in [9.17, 15) is 66.4 Å². The molecule has 3 heterocycles. The smallest absolute Gasteiger partial charge is 0.186 e. The van der Waals surface area contributed by atoms with Crippen LogP contribution < -0.4 is 0 Å². The Morgan fingerprint density at radius 3 is 1.90 bits per heavy atom. The number of aliphatic hydroxyl groups is 13. The van der Waals surface area contributed by atoms with Crippen LogP contribution in [0.2, 0.25) is 0 Å². The second-order valence-electron chi connectivity index (χ2n) is 21.1. The molecule has 0 aromatic rings. The summed E-state index contributed by atoms with van der Waals surface area (Å²) < 4.78 is 34.7. The lowest BCUT2D eigenvalue weighted by molar-refractivity contribution is -0.338. The number of hydrogen-bond acceptors (Lipinski definition) is 19. The van der Waals surface area contributed by atoms with Gasteiger partial charge in [0, 0.05) is 0 Å². The van der Waals surface area contributed by atoms with Crippen LogP contribution in [0.3, 0.4) is 0 Å². The molecule has 19 heteroatoms. The first-order chi connectivity index (χ1) is 29.6. The fraction of sp³-hybridized carbons (Fsp3) is 1.00. The third-order valence-electron chi connectivity index (χ3n) is 17.0. The Morgan fingerprint density at radius 1 is 0.619 bits per heavy atom. The van der Waals surface area contributed by atoms with E-state index < -0.39 is 130 Å². The molecule has 0 radical (unpaired) electrons. The van der Waals surface area contributed by atoms with Gasteiger partial charge in [0.15, 0.2) is 18.9 Å². The van der Waals surface area contributed by atoms with Gasteiger partial charge >= 0.3 is 0 Å². The van der Waals surface area contributed by atoms with Crippen LogP contribution in [-0.4, -0.2) is 203 Å². The van der Waals surface area contributed by atoms with Crippen LogP contribution in [0.1, 0.15) is 86.0 Å². The minimum absolute atomic E-state index is 0.115. The van der Waals surface area contributed by atoms with Crippen molar-refractivity contribution in [2.45, 2.75) is 203 Å². The van der Waals surface area contributed by atoms with Crippen LogP contribution in [0.5, 0.6) is 0 Å². The van der Waals surface area contributed by atoms with Crippen molar-refractivity contribution >= 4 is 0 Å². The molecule has 0 aromatic carbocycles. The number of fused-ring (bicyclic) bond motifs is 5. The van der Waals surface area contributed by atoms with Crippen molar-refractivity contribution in [3.63, 3.8) is 0 Å². The van der Waals surface area contributed by atoms with Gasteiger partial charge in [0.05, 0.1) is 50.3 Å². The van der Waals surface area contributed by atoms with Gasteiger partial charge in [0.25, 0.3) is 0 Å². The Bertz CT molecular complexity index is 1490. The molecule has 3 aliphatic heterocycles. The van der Waals surface area contributed by atoms with Crippen LogP contribution in [0.15, 0.2) is 0 Å². The van der Waals surface area contributed by atoms with Crippen molar-refractivity contribution in [3.8, 4) is 0 Å². The van der Waals surface area contributed by atoms with Gasteiger partial charge in [-0.3, -0.25) is 0 Å². The largest absolute Gasteiger partial charge is 0.394 e. The molecule has 27 atom stereocenters. The van der Waals surface area contributed by atoms with E-state index in [0.717, 1.165) is 12.8 Å². The fourth-order valence-electron chi connectivity index (χ4n) is 13.6. The van der Waals surface area contributed by atoms with Crippen molar-refractivity contribution in [1.29, 1.82) is 0 Å². The summed E-state index contributed by atoms with van der Waals surface area (Å²) in [6.07, 6.45) is -19.2. The summed E-state index contributed by atoms with van der Waals surface area (Å²) in [5, 5.41) is 139. The van der Waals surface area contributed by atoms with Crippen molar-refractivity contribution in [3.05, 3.63) is 0 Å². The lowest BCUT2D eigenvalue weighted by Crippen LogP contribution is -2.62. The van der Waals surface area contributed by atoms with Crippen LogP contribution in [0, 0.1) is 52.3 Å². The van der Waals surface area contributed by atoms with Crippen molar-refractivity contribution in [1.82, 2.24) is 0 Å². The molecule has 63 heavy (non-hydrogen) atoms. The Morgan fingerprint density at radius 2 is 1.24 bits per heavy atom. The molecule has 0 aromatic heterocycles. The van der Waals surface area contributed by atoms with Gasteiger partial charge in [-0.05, 0) is 104 Å². The highest BCUT2D eigenvalue weighted by Gasteiger charge is 2.65. The van der Waals surface area contributed by atoms with Crippen LogP contribution in [-0.2, 0) is 28.4 Å². The Labute approximate surface area is 368 Å². The molecule has 0 unspecified atom stereocenters. The molecule has 7 fully saturated rings. The number of rotatable bonds is 13. The van der Waals surface area contributed by atoms with E-state index in [0.29, 0.717) is 38.5 Å². The molecule has 4 saturated carbocycles. The highest BCUT2D eigenvalue weighted by atomic mass is 16.7. The van der Waals surface area contributed by atoms with E-state index in [2.05, 4.69) is 20.8 Å². The van der Waals surface area contributed by atoms with E-state index in [1.807, 2.05) is 13.8 Å². The first kappa shape index (κ1) is 50.1. The molecular formula is C44H76O19. The summed E-state index contributed by atoms with van der Waals surface area (Å²) in [5.74, 6) is -0.0232. The van der Waals surface area contributed by atoms with Gasteiger partial charge < -0.3 is 94.8 Å². The molecule has 4 aliphatic carbocycles. The number of ether oxygens (including phenoxy) is 6. The molecular weight excluding hydrogens is 832 g/mol. The molecule has 3 saturated heterocycles. The minimum atomic E-state index is -1.69. The first-order valence-electron chi connectivity index (χ1n) is 23.3. The maximum absolute atomic E-state index is 12.0. The number of hydrogen-bond donors (Lipinski definition) is 13. The van der Waals surface area contributed by atoms with Crippen LogP contribution >= 0.6 is 0 Å². The standard InChI is InChI=1S/C44H76O19/c1-17(2)39(63-41-36(55)31(50)27(49)15-58-41)26(48)10-18(3)30-25(47)13-22-20-12-24(46)23-11-19(6-8-43(23,4)21(20)7-9-44(22,30)5)60-42-38(57)35(54)33(52)29(62-42)16-59-40-37(56)34(53)32(51)28(14-45)61-40/h17-42,45-57H,6-16H2,1-5H3/t18-,19+,20-,21+,22+,23-,24-,25+,26-,27+,28-,29-,30+,31+,32-,33-,34+,35+,36-,37-,38-,39+,40-,41+,42-,43-,44+/m1/s1. The third kappa shape index (κ3) is 9.40. The van der Waals surface area contributed by atoms with Gasteiger partial charge in [-0.2, -0.15) is 0 Å². The second-order valence-corrected chi connectivity index (χ2v) is 21.1. The zero-order chi connectivity index (χ0) is 46.0. The maximum atomic E-state index is 12.0. The summed E-state index contributed by atoms with van der Waals surface area (Å²) in [6.45, 7) is 8.97. The zero-order valence-electron chi connectivity index (χ0n) is 37.1.